The lowest BCUT2D eigenvalue weighted by Crippen LogP contribution is -2.30. The van der Waals surface area contributed by atoms with Gasteiger partial charge in [0.15, 0.2) is 0 Å². The molecule has 1 N–H and O–H groups in total. The minimum absolute atomic E-state index is 0.0378. The van der Waals surface area contributed by atoms with E-state index in [2.05, 4.69) is 18.0 Å². The fourth-order valence-corrected chi connectivity index (χ4v) is 3.30. The van der Waals surface area contributed by atoms with E-state index in [4.69, 9.17) is 5.11 Å². The lowest BCUT2D eigenvalue weighted by Gasteiger charge is -2.17. The summed E-state index contributed by atoms with van der Waals surface area (Å²) < 4.78 is 0. The summed E-state index contributed by atoms with van der Waals surface area (Å²) in [4.78, 5) is 27.6. The molecular formula is C17H22N2O3. The molecule has 0 radical (unpaired) electrons. The Morgan fingerprint density at radius 1 is 1.14 bits per heavy atom. The zero-order valence-electron chi connectivity index (χ0n) is 12.9. The van der Waals surface area contributed by atoms with Crippen molar-refractivity contribution in [2.45, 2.75) is 19.3 Å². The first kappa shape index (κ1) is 15.0. The number of carbonyl (C=O) groups is 2. The number of benzene rings is 1. The zero-order chi connectivity index (χ0) is 15.7. The number of rotatable bonds is 2. The Hall–Kier alpha value is -1.88. The Kier molecular flexibility index (Phi) is 4.16. The predicted molar refractivity (Wildman–Crippen MR) is 83.0 cm³/mol. The van der Waals surface area contributed by atoms with E-state index in [1.54, 1.807) is 4.90 Å². The van der Waals surface area contributed by atoms with Crippen molar-refractivity contribution in [1.82, 2.24) is 9.80 Å². The van der Waals surface area contributed by atoms with E-state index >= 15 is 0 Å². The first-order valence-corrected chi connectivity index (χ1v) is 7.87. The number of amides is 1. The summed E-state index contributed by atoms with van der Waals surface area (Å²) in [7, 11) is 2.12. The quantitative estimate of drug-likeness (QED) is 0.893. The standard InChI is InChI=1S/C17H22N2O3/c1-18-7-4-12-2-3-14(10-13(12)5-8-18)16(20)19-9-6-15(11-19)17(21)22/h2-3,10,15H,4-9,11H2,1H3,(H,21,22)/t15-/m0/s1. The van der Waals surface area contributed by atoms with Crippen molar-refractivity contribution in [3.05, 3.63) is 34.9 Å². The summed E-state index contributed by atoms with van der Waals surface area (Å²) >= 11 is 0. The largest absolute Gasteiger partial charge is 0.481 e. The van der Waals surface area contributed by atoms with Gasteiger partial charge in [0.2, 0.25) is 0 Å². The maximum Gasteiger partial charge on any atom is 0.308 e. The molecule has 118 valence electrons. The molecule has 0 bridgehead atoms. The normalized spacial score (nSPS) is 22.2. The van der Waals surface area contributed by atoms with Crippen LogP contribution in [0, 0.1) is 5.92 Å². The van der Waals surface area contributed by atoms with Gasteiger partial charge in [0.1, 0.15) is 0 Å². The van der Waals surface area contributed by atoms with Crippen LogP contribution in [-0.2, 0) is 17.6 Å². The number of carboxylic acids is 1. The van der Waals surface area contributed by atoms with Crippen LogP contribution in [0.1, 0.15) is 27.9 Å². The second kappa shape index (κ2) is 6.08. The van der Waals surface area contributed by atoms with Gasteiger partial charge in [-0.2, -0.15) is 0 Å². The van der Waals surface area contributed by atoms with E-state index in [-0.39, 0.29) is 5.91 Å². The van der Waals surface area contributed by atoms with E-state index in [0.29, 0.717) is 25.1 Å². The lowest BCUT2D eigenvalue weighted by atomic mass is 9.99. The summed E-state index contributed by atoms with van der Waals surface area (Å²) in [6.45, 7) is 2.92. The van der Waals surface area contributed by atoms with E-state index in [1.165, 1.54) is 11.1 Å². The van der Waals surface area contributed by atoms with Crippen molar-refractivity contribution in [2.24, 2.45) is 5.92 Å². The van der Waals surface area contributed by atoms with Crippen LogP contribution in [0.2, 0.25) is 0 Å². The van der Waals surface area contributed by atoms with Gasteiger partial charge in [0.05, 0.1) is 5.92 Å². The Morgan fingerprint density at radius 3 is 2.55 bits per heavy atom. The molecule has 5 nitrogen and oxygen atoms in total. The number of fused-ring (bicyclic) bond motifs is 1. The molecule has 1 atom stereocenters. The van der Waals surface area contributed by atoms with Crippen molar-refractivity contribution in [3.63, 3.8) is 0 Å². The highest BCUT2D eigenvalue weighted by atomic mass is 16.4. The van der Waals surface area contributed by atoms with Crippen LogP contribution < -0.4 is 0 Å². The molecule has 0 unspecified atom stereocenters. The fraction of sp³-hybridized carbons (Fsp3) is 0.529. The third-order valence-electron chi connectivity index (χ3n) is 4.80. The molecule has 1 saturated heterocycles. The molecule has 1 aromatic carbocycles. The molecule has 1 aromatic rings. The first-order valence-electron chi connectivity index (χ1n) is 7.87. The van der Waals surface area contributed by atoms with Gasteiger partial charge in [0, 0.05) is 31.7 Å². The molecule has 0 spiro atoms. The Labute approximate surface area is 130 Å². The maximum atomic E-state index is 12.6. The van der Waals surface area contributed by atoms with Crippen LogP contribution in [-0.4, -0.2) is 60.0 Å². The second-order valence-electron chi connectivity index (χ2n) is 6.36. The number of nitrogens with zero attached hydrogens (tertiary/aromatic N) is 2. The third kappa shape index (κ3) is 2.99. The Morgan fingerprint density at radius 2 is 1.86 bits per heavy atom. The molecule has 2 aliphatic heterocycles. The molecule has 0 aromatic heterocycles. The number of hydrogen-bond donors (Lipinski definition) is 1. The van der Waals surface area contributed by atoms with Crippen LogP contribution in [0.3, 0.4) is 0 Å². The van der Waals surface area contributed by atoms with Crippen LogP contribution in [0.4, 0.5) is 0 Å². The number of hydrogen-bond acceptors (Lipinski definition) is 3. The van der Waals surface area contributed by atoms with Crippen LogP contribution in [0.15, 0.2) is 18.2 Å². The summed E-state index contributed by atoms with van der Waals surface area (Å²) in [5, 5.41) is 9.05. The van der Waals surface area contributed by atoms with E-state index < -0.39 is 11.9 Å². The van der Waals surface area contributed by atoms with E-state index in [1.807, 2.05) is 12.1 Å². The summed E-state index contributed by atoms with van der Waals surface area (Å²) in [5.74, 6) is -1.26. The molecule has 1 fully saturated rings. The molecule has 2 aliphatic rings. The molecule has 5 heteroatoms. The van der Waals surface area contributed by atoms with Crippen LogP contribution in [0.5, 0.6) is 0 Å². The summed E-state index contributed by atoms with van der Waals surface area (Å²) in [5.41, 5.74) is 3.27. The minimum Gasteiger partial charge on any atom is -0.481 e. The predicted octanol–water partition coefficient (Wildman–Crippen LogP) is 1.26. The van der Waals surface area contributed by atoms with Gasteiger partial charge >= 0.3 is 5.97 Å². The molecule has 2 heterocycles. The maximum absolute atomic E-state index is 12.6. The van der Waals surface area contributed by atoms with Crippen molar-refractivity contribution < 1.29 is 14.7 Å². The number of likely N-dealkylation sites (tertiary alicyclic amines) is 1. The van der Waals surface area contributed by atoms with E-state index in [0.717, 1.165) is 25.9 Å². The molecule has 3 rings (SSSR count). The van der Waals surface area contributed by atoms with Gasteiger partial charge in [0.25, 0.3) is 5.91 Å². The molecule has 0 aliphatic carbocycles. The SMILES string of the molecule is CN1CCc2ccc(C(=O)N3CC[C@H](C(=O)O)C3)cc2CC1. The zero-order valence-corrected chi connectivity index (χ0v) is 12.9. The Balaban J connectivity index is 1.76. The summed E-state index contributed by atoms with van der Waals surface area (Å²) in [6, 6.07) is 5.96. The van der Waals surface area contributed by atoms with Gasteiger partial charge in [-0.1, -0.05) is 6.07 Å². The number of likely N-dealkylation sites (N-methyl/N-ethyl adjacent to an activating group) is 1. The molecule has 1 amide bonds. The number of aliphatic carboxylic acids is 1. The van der Waals surface area contributed by atoms with E-state index in [9.17, 15) is 9.59 Å². The molecular weight excluding hydrogens is 280 g/mol. The highest BCUT2D eigenvalue weighted by Gasteiger charge is 2.31. The van der Waals surface area contributed by atoms with Gasteiger partial charge in [-0.15, -0.1) is 0 Å². The Bertz CT molecular complexity index is 600. The highest BCUT2D eigenvalue weighted by Crippen LogP contribution is 2.22. The molecule has 22 heavy (non-hydrogen) atoms. The van der Waals surface area contributed by atoms with Crippen molar-refractivity contribution in [2.75, 3.05) is 33.2 Å². The van der Waals surface area contributed by atoms with Crippen LogP contribution >= 0.6 is 0 Å². The van der Waals surface area contributed by atoms with Gasteiger partial charge in [-0.05, 0) is 49.6 Å². The van der Waals surface area contributed by atoms with Gasteiger partial charge in [-0.3, -0.25) is 9.59 Å². The van der Waals surface area contributed by atoms with Gasteiger partial charge < -0.3 is 14.9 Å². The van der Waals surface area contributed by atoms with Crippen molar-refractivity contribution in [3.8, 4) is 0 Å². The average molecular weight is 302 g/mol. The highest BCUT2D eigenvalue weighted by molar-refractivity contribution is 5.95. The smallest absolute Gasteiger partial charge is 0.308 e. The topological polar surface area (TPSA) is 60.9 Å². The van der Waals surface area contributed by atoms with Crippen molar-refractivity contribution >= 4 is 11.9 Å². The first-order chi connectivity index (χ1) is 10.5. The minimum atomic E-state index is -0.805. The summed E-state index contributed by atoms with van der Waals surface area (Å²) in [6.07, 6.45) is 2.53. The number of carboxylic acid groups (broad SMARTS) is 1. The number of carbonyl (C=O) groups excluding carboxylic acids is 1. The molecule has 0 saturated carbocycles. The second-order valence-corrected chi connectivity index (χ2v) is 6.36. The fourth-order valence-electron chi connectivity index (χ4n) is 3.30. The average Bonchev–Trinajstić information content (AvgIpc) is 2.93. The third-order valence-corrected chi connectivity index (χ3v) is 4.80. The monoisotopic (exact) mass is 302 g/mol. The van der Waals surface area contributed by atoms with Crippen LogP contribution in [0.25, 0.3) is 0 Å². The lowest BCUT2D eigenvalue weighted by molar-refractivity contribution is -0.141. The van der Waals surface area contributed by atoms with Gasteiger partial charge in [-0.25, -0.2) is 0 Å². The van der Waals surface area contributed by atoms with Crippen molar-refractivity contribution in [1.29, 1.82) is 0 Å².